The summed E-state index contributed by atoms with van der Waals surface area (Å²) >= 11 is 0. The maximum Gasteiger partial charge on any atom is 0.0945 e. The smallest absolute Gasteiger partial charge is 0.0945 e. The lowest BCUT2D eigenvalue weighted by Crippen LogP contribution is -2.38. The molecule has 0 aromatic heterocycles. The Morgan fingerprint density at radius 1 is 1.28 bits per heavy atom. The first-order chi connectivity index (χ1) is 8.69. The second-order valence-corrected chi connectivity index (χ2v) is 5.88. The van der Waals surface area contributed by atoms with Gasteiger partial charge in [0.15, 0.2) is 0 Å². The molecule has 2 atom stereocenters. The first-order valence-electron chi connectivity index (χ1n) is 7.12. The Morgan fingerprint density at radius 2 is 2.06 bits per heavy atom. The van der Waals surface area contributed by atoms with Crippen LogP contribution in [0.5, 0.6) is 0 Å². The molecule has 0 spiro atoms. The number of aliphatic hydroxyl groups is 1. The molecule has 18 heavy (non-hydrogen) atoms. The minimum atomic E-state index is -0.677. The zero-order chi connectivity index (χ0) is 12.6. The van der Waals surface area contributed by atoms with Crippen molar-refractivity contribution < 1.29 is 9.84 Å². The molecule has 0 bridgehead atoms. The van der Waals surface area contributed by atoms with E-state index in [2.05, 4.69) is 31.2 Å². The summed E-state index contributed by atoms with van der Waals surface area (Å²) in [7, 11) is 0. The van der Waals surface area contributed by atoms with E-state index in [1.54, 1.807) is 0 Å². The van der Waals surface area contributed by atoms with Crippen molar-refractivity contribution in [2.45, 2.75) is 56.7 Å². The van der Waals surface area contributed by atoms with Crippen molar-refractivity contribution in [2.24, 2.45) is 0 Å². The highest BCUT2D eigenvalue weighted by Gasteiger charge is 2.38. The van der Waals surface area contributed by atoms with Crippen LogP contribution in [0, 0.1) is 0 Å². The number of ether oxygens (including phenoxy) is 1. The summed E-state index contributed by atoms with van der Waals surface area (Å²) in [4.78, 5) is 0. The third kappa shape index (κ3) is 2.08. The van der Waals surface area contributed by atoms with Crippen molar-refractivity contribution >= 4 is 0 Å². The van der Waals surface area contributed by atoms with Gasteiger partial charge in [-0.3, -0.25) is 0 Å². The van der Waals surface area contributed by atoms with Gasteiger partial charge in [0.05, 0.1) is 18.3 Å². The number of benzene rings is 1. The van der Waals surface area contributed by atoms with E-state index < -0.39 is 5.60 Å². The zero-order valence-electron chi connectivity index (χ0n) is 11.1. The van der Waals surface area contributed by atoms with E-state index in [1.165, 1.54) is 24.8 Å². The third-order valence-electron chi connectivity index (χ3n) is 4.55. The van der Waals surface area contributed by atoms with Gasteiger partial charge in [-0.05, 0) is 36.8 Å². The quantitative estimate of drug-likeness (QED) is 0.867. The largest absolute Gasteiger partial charge is 0.385 e. The highest BCUT2D eigenvalue weighted by Crippen LogP contribution is 2.44. The van der Waals surface area contributed by atoms with Crippen LogP contribution in [0.15, 0.2) is 24.3 Å². The Kier molecular flexibility index (Phi) is 3.16. The van der Waals surface area contributed by atoms with Crippen LogP contribution in [0.3, 0.4) is 0 Å². The Balaban J connectivity index is 1.94. The summed E-state index contributed by atoms with van der Waals surface area (Å²) in [6.45, 7) is 2.72. The number of hydrogen-bond donors (Lipinski definition) is 1. The Morgan fingerprint density at radius 3 is 2.72 bits per heavy atom. The van der Waals surface area contributed by atoms with Gasteiger partial charge < -0.3 is 9.84 Å². The number of rotatable bonds is 2. The molecule has 2 fully saturated rings. The zero-order valence-corrected chi connectivity index (χ0v) is 11.1. The van der Waals surface area contributed by atoms with Crippen LogP contribution in [-0.2, 0) is 10.3 Å². The molecule has 1 aromatic rings. The predicted octanol–water partition coefficient (Wildman–Crippen LogP) is 3.34. The van der Waals surface area contributed by atoms with Gasteiger partial charge >= 0.3 is 0 Å². The summed E-state index contributed by atoms with van der Waals surface area (Å²) in [5, 5.41) is 11.0. The maximum absolute atomic E-state index is 11.0. The molecule has 1 saturated heterocycles. The van der Waals surface area contributed by atoms with Crippen molar-refractivity contribution in [1.82, 2.24) is 0 Å². The monoisotopic (exact) mass is 246 g/mol. The Hall–Kier alpha value is -0.860. The maximum atomic E-state index is 11.0. The fraction of sp³-hybridized carbons (Fsp3) is 0.625. The minimum Gasteiger partial charge on any atom is -0.385 e. The molecule has 1 heterocycles. The molecule has 2 unspecified atom stereocenters. The van der Waals surface area contributed by atoms with Gasteiger partial charge in [-0.15, -0.1) is 0 Å². The SMILES string of the molecule is CC1CC(O)(c2ccccc2C2CCC2)CCO1. The van der Waals surface area contributed by atoms with Gasteiger partial charge in [0.1, 0.15) is 0 Å². The van der Waals surface area contributed by atoms with E-state index in [-0.39, 0.29) is 6.10 Å². The molecule has 1 aliphatic heterocycles. The molecule has 2 nitrogen and oxygen atoms in total. The molecule has 2 heteroatoms. The highest BCUT2D eigenvalue weighted by atomic mass is 16.5. The molecule has 98 valence electrons. The first-order valence-corrected chi connectivity index (χ1v) is 7.12. The highest BCUT2D eigenvalue weighted by molar-refractivity contribution is 5.36. The first kappa shape index (κ1) is 12.2. The molecule has 1 N–H and O–H groups in total. The van der Waals surface area contributed by atoms with Crippen molar-refractivity contribution in [3.05, 3.63) is 35.4 Å². The molecule has 2 aliphatic rings. The lowest BCUT2D eigenvalue weighted by atomic mass is 9.73. The molecule has 0 amide bonds. The molecule has 0 radical (unpaired) electrons. The van der Waals surface area contributed by atoms with Gasteiger partial charge in [-0.1, -0.05) is 30.7 Å². The second kappa shape index (κ2) is 4.67. The van der Waals surface area contributed by atoms with Crippen LogP contribution in [0.2, 0.25) is 0 Å². The van der Waals surface area contributed by atoms with Crippen molar-refractivity contribution in [2.75, 3.05) is 6.61 Å². The number of hydrogen-bond acceptors (Lipinski definition) is 2. The summed E-state index contributed by atoms with van der Waals surface area (Å²) in [5.41, 5.74) is 1.86. The summed E-state index contributed by atoms with van der Waals surface area (Å²) in [6, 6.07) is 8.47. The van der Waals surface area contributed by atoms with Gasteiger partial charge in [0.25, 0.3) is 0 Å². The van der Waals surface area contributed by atoms with Gasteiger partial charge in [-0.25, -0.2) is 0 Å². The van der Waals surface area contributed by atoms with E-state index in [1.807, 2.05) is 0 Å². The van der Waals surface area contributed by atoms with Crippen LogP contribution >= 0.6 is 0 Å². The summed E-state index contributed by atoms with van der Waals surface area (Å²) in [6.07, 6.45) is 5.48. The lowest BCUT2D eigenvalue weighted by Gasteiger charge is -2.39. The molecular formula is C16H22O2. The van der Waals surface area contributed by atoms with E-state index in [0.717, 1.165) is 18.4 Å². The van der Waals surface area contributed by atoms with Crippen LogP contribution in [0.1, 0.15) is 56.1 Å². The Labute approximate surface area is 109 Å². The van der Waals surface area contributed by atoms with Crippen LogP contribution in [0.4, 0.5) is 0 Å². The van der Waals surface area contributed by atoms with Crippen molar-refractivity contribution in [3.8, 4) is 0 Å². The third-order valence-corrected chi connectivity index (χ3v) is 4.55. The van der Waals surface area contributed by atoms with E-state index >= 15 is 0 Å². The topological polar surface area (TPSA) is 29.5 Å². The molecule has 1 aromatic carbocycles. The fourth-order valence-corrected chi connectivity index (χ4v) is 3.31. The summed E-state index contributed by atoms with van der Waals surface area (Å²) < 4.78 is 5.58. The molecule has 1 aliphatic carbocycles. The normalized spacial score (nSPS) is 33.1. The molecular weight excluding hydrogens is 224 g/mol. The minimum absolute atomic E-state index is 0.151. The standard InChI is InChI=1S/C16H22O2/c1-12-11-16(17,9-10-18-12)15-8-3-2-7-14(15)13-5-4-6-13/h2-3,7-8,12-13,17H,4-6,9-11H2,1H3. The van der Waals surface area contributed by atoms with Crippen LogP contribution < -0.4 is 0 Å². The molecule has 1 saturated carbocycles. The van der Waals surface area contributed by atoms with Crippen LogP contribution in [-0.4, -0.2) is 17.8 Å². The van der Waals surface area contributed by atoms with E-state index in [9.17, 15) is 5.11 Å². The lowest BCUT2D eigenvalue weighted by molar-refractivity contribution is -0.102. The predicted molar refractivity (Wildman–Crippen MR) is 71.6 cm³/mol. The summed E-state index contributed by atoms with van der Waals surface area (Å²) in [5.74, 6) is 0.670. The second-order valence-electron chi connectivity index (χ2n) is 5.88. The van der Waals surface area contributed by atoms with Gasteiger partial charge in [-0.2, -0.15) is 0 Å². The van der Waals surface area contributed by atoms with Gasteiger partial charge in [0, 0.05) is 12.8 Å². The molecule has 3 rings (SSSR count). The van der Waals surface area contributed by atoms with Crippen LogP contribution in [0.25, 0.3) is 0 Å². The van der Waals surface area contributed by atoms with Crippen molar-refractivity contribution in [1.29, 1.82) is 0 Å². The Bertz CT molecular complexity index is 425. The fourth-order valence-electron chi connectivity index (χ4n) is 3.31. The van der Waals surface area contributed by atoms with E-state index in [4.69, 9.17) is 4.74 Å². The average Bonchev–Trinajstić information content (AvgIpc) is 2.27. The van der Waals surface area contributed by atoms with Crippen molar-refractivity contribution in [3.63, 3.8) is 0 Å². The van der Waals surface area contributed by atoms with Gasteiger partial charge in [0.2, 0.25) is 0 Å². The van der Waals surface area contributed by atoms with E-state index in [0.29, 0.717) is 12.5 Å². The average molecular weight is 246 g/mol.